The average molecular weight is 459 g/mol. The van der Waals surface area contributed by atoms with E-state index in [0.717, 1.165) is 32.7 Å². The van der Waals surface area contributed by atoms with E-state index in [-0.39, 0.29) is 11.7 Å². The highest BCUT2D eigenvalue weighted by atomic mass is 35.5. The fraction of sp³-hybridized carbons (Fsp3) is 0.0800. The number of rotatable bonds is 6. The molecule has 7 heteroatoms. The van der Waals surface area contributed by atoms with Gasteiger partial charge in [0.15, 0.2) is 0 Å². The molecule has 0 saturated heterocycles. The maximum atomic E-state index is 12.4. The van der Waals surface area contributed by atoms with Crippen molar-refractivity contribution in [1.29, 1.82) is 0 Å². The highest BCUT2D eigenvalue weighted by Crippen LogP contribution is 2.30. The molecule has 3 aromatic carbocycles. The van der Waals surface area contributed by atoms with E-state index in [1.165, 1.54) is 17.1 Å². The summed E-state index contributed by atoms with van der Waals surface area (Å²) in [6.07, 6.45) is 3.53. The summed E-state index contributed by atoms with van der Waals surface area (Å²) < 4.78 is 1.81. The first-order valence-corrected chi connectivity index (χ1v) is 11.5. The maximum absolute atomic E-state index is 12.4. The van der Waals surface area contributed by atoms with Crippen LogP contribution in [0.4, 0.5) is 0 Å². The number of nitrogens with zero attached hydrogens (tertiary/aromatic N) is 3. The zero-order valence-electron chi connectivity index (χ0n) is 17.0. The van der Waals surface area contributed by atoms with Crippen molar-refractivity contribution >= 4 is 45.6 Å². The lowest BCUT2D eigenvalue weighted by atomic mass is 10.0. The molecule has 0 bridgehead atoms. The molecular weight excluding hydrogens is 440 g/mol. The van der Waals surface area contributed by atoms with Crippen LogP contribution in [0.1, 0.15) is 5.56 Å². The Balaban J connectivity index is 1.35. The minimum absolute atomic E-state index is 0.0764. The number of amides is 1. The fourth-order valence-corrected chi connectivity index (χ4v) is 4.62. The highest BCUT2D eigenvalue weighted by Gasteiger charge is 2.13. The van der Waals surface area contributed by atoms with Gasteiger partial charge in [0, 0.05) is 29.5 Å². The van der Waals surface area contributed by atoms with Crippen molar-refractivity contribution in [1.82, 2.24) is 19.9 Å². The minimum Gasteiger partial charge on any atom is -0.351 e. The normalized spacial score (nSPS) is 11.2. The molecule has 5 nitrogen and oxygen atoms in total. The second kappa shape index (κ2) is 9.02. The zero-order valence-corrected chi connectivity index (χ0v) is 18.6. The van der Waals surface area contributed by atoms with Crippen LogP contribution in [-0.2, 0) is 11.3 Å². The third-order valence-electron chi connectivity index (χ3n) is 5.19. The number of carbonyl (C=O) groups excluding carboxylic acids is 1. The van der Waals surface area contributed by atoms with Gasteiger partial charge in [0.05, 0.1) is 17.0 Å². The summed E-state index contributed by atoms with van der Waals surface area (Å²) in [6, 6.07) is 24.0. The van der Waals surface area contributed by atoms with Crippen molar-refractivity contribution in [2.24, 2.45) is 0 Å². The second-order valence-electron chi connectivity index (χ2n) is 7.28. The summed E-state index contributed by atoms with van der Waals surface area (Å²) in [4.78, 5) is 16.9. The van der Waals surface area contributed by atoms with Gasteiger partial charge in [-0.05, 0) is 28.5 Å². The summed E-state index contributed by atoms with van der Waals surface area (Å²) in [6.45, 7) is 0.397. The number of carbonyl (C=O) groups is 1. The van der Waals surface area contributed by atoms with Crippen LogP contribution in [0.3, 0.4) is 0 Å². The summed E-state index contributed by atoms with van der Waals surface area (Å²) >= 11 is 7.55. The first-order valence-electron chi connectivity index (χ1n) is 10.1. The molecule has 5 aromatic rings. The van der Waals surface area contributed by atoms with Crippen LogP contribution in [0.25, 0.3) is 27.5 Å². The molecule has 2 heterocycles. The van der Waals surface area contributed by atoms with Crippen molar-refractivity contribution in [3.05, 3.63) is 95.8 Å². The van der Waals surface area contributed by atoms with Crippen LogP contribution < -0.4 is 5.32 Å². The van der Waals surface area contributed by atoms with Gasteiger partial charge in [-0.15, -0.1) is 0 Å². The van der Waals surface area contributed by atoms with E-state index >= 15 is 0 Å². The van der Waals surface area contributed by atoms with Crippen LogP contribution >= 0.6 is 23.4 Å². The quantitative estimate of drug-likeness (QED) is 0.336. The lowest BCUT2D eigenvalue weighted by molar-refractivity contribution is -0.118. The van der Waals surface area contributed by atoms with Gasteiger partial charge in [0.2, 0.25) is 5.91 Å². The van der Waals surface area contributed by atoms with Crippen molar-refractivity contribution in [3.8, 4) is 11.3 Å². The van der Waals surface area contributed by atoms with E-state index in [9.17, 15) is 4.79 Å². The summed E-state index contributed by atoms with van der Waals surface area (Å²) in [5, 5.41) is 11.4. The first-order chi connectivity index (χ1) is 15.7. The van der Waals surface area contributed by atoms with Gasteiger partial charge in [-0.2, -0.15) is 5.10 Å². The lowest BCUT2D eigenvalue weighted by Gasteiger charge is -2.07. The fourth-order valence-electron chi connectivity index (χ4n) is 3.61. The summed E-state index contributed by atoms with van der Waals surface area (Å²) in [5.74, 6) is 0.179. The minimum atomic E-state index is -0.0764. The van der Waals surface area contributed by atoms with E-state index in [0.29, 0.717) is 11.6 Å². The molecular formula is C25H19ClN4OS. The van der Waals surface area contributed by atoms with E-state index in [4.69, 9.17) is 16.7 Å². The van der Waals surface area contributed by atoms with Crippen LogP contribution in [0.15, 0.2) is 90.2 Å². The Morgan fingerprint density at radius 3 is 2.75 bits per heavy atom. The number of hydrogen-bond donors (Lipinski definition) is 1. The topological polar surface area (TPSA) is 59.3 Å². The summed E-state index contributed by atoms with van der Waals surface area (Å²) in [5.41, 5.74) is 3.71. The largest absolute Gasteiger partial charge is 0.351 e. The number of aromatic nitrogens is 3. The van der Waals surface area contributed by atoms with Gasteiger partial charge in [-0.1, -0.05) is 84.0 Å². The molecule has 2 aromatic heterocycles. The van der Waals surface area contributed by atoms with Crippen LogP contribution in [0.5, 0.6) is 0 Å². The third kappa shape index (κ3) is 4.20. The van der Waals surface area contributed by atoms with Crippen molar-refractivity contribution in [2.75, 3.05) is 5.75 Å². The molecule has 0 spiro atoms. The Kier molecular flexibility index (Phi) is 5.79. The Morgan fingerprint density at radius 1 is 1.03 bits per heavy atom. The van der Waals surface area contributed by atoms with Gasteiger partial charge < -0.3 is 5.32 Å². The van der Waals surface area contributed by atoms with Gasteiger partial charge in [-0.25, -0.2) is 9.50 Å². The number of thioether (sulfide) groups is 1. The molecule has 0 radical (unpaired) electrons. The Labute approximate surface area is 194 Å². The average Bonchev–Trinajstić information content (AvgIpc) is 3.26. The Morgan fingerprint density at radius 2 is 1.84 bits per heavy atom. The van der Waals surface area contributed by atoms with Crippen LogP contribution in [-0.4, -0.2) is 26.3 Å². The summed E-state index contributed by atoms with van der Waals surface area (Å²) in [7, 11) is 0. The SMILES string of the molecule is O=C(CSc1nccn2nc(-c3cccc4ccccc34)cc12)NCc1ccccc1Cl. The molecule has 0 saturated carbocycles. The predicted octanol–water partition coefficient (Wildman–Crippen LogP) is 5.61. The van der Waals surface area contributed by atoms with Crippen molar-refractivity contribution < 1.29 is 4.79 Å². The van der Waals surface area contributed by atoms with E-state index < -0.39 is 0 Å². The molecule has 5 rings (SSSR count). The third-order valence-corrected chi connectivity index (χ3v) is 6.56. The van der Waals surface area contributed by atoms with Gasteiger partial charge in [-0.3, -0.25) is 4.79 Å². The molecule has 1 N–H and O–H groups in total. The molecule has 0 aliphatic heterocycles. The highest BCUT2D eigenvalue weighted by molar-refractivity contribution is 8.00. The monoisotopic (exact) mass is 458 g/mol. The molecule has 32 heavy (non-hydrogen) atoms. The van der Waals surface area contributed by atoms with E-state index in [1.807, 2.05) is 59.2 Å². The van der Waals surface area contributed by atoms with Crippen LogP contribution in [0, 0.1) is 0 Å². The van der Waals surface area contributed by atoms with Crippen LogP contribution in [0.2, 0.25) is 5.02 Å². The lowest BCUT2D eigenvalue weighted by Crippen LogP contribution is -2.24. The zero-order chi connectivity index (χ0) is 21.9. The first kappa shape index (κ1) is 20.5. The van der Waals surface area contributed by atoms with Gasteiger partial charge in [0.1, 0.15) is 5.03 Å². The predicted molar refractivity (Wildman–Crippen MR) is 130 cm³/mol. The molecule has 0 atom stereocenters. The maximum Gasteiger partial charge on any atom is 0.230 e. The molecule has 1 amide bonds. The molecule has 0 unspecified atom stereocenters. The number of fused-ring (bicyclic) bond motifs is 2. The molecule has 158 valence electrons. The Hall–Kier alpha value is -3.35. The van der Waals surface area contributed by atoms with E-state index in [1.54, 1.807) is 6.20 Å². The van der Waals surface area contributed by atoms with Gasteiger partial charge in [0.25, 0.3) is 0 Å². The standard InChI is InChI=1S/C25H19ClN4OS/c26-21-11-4-2-7-18(21)15-28-24(31)16-32-25-23-14-22(29-30(23)13-12-27-25)20-10-5-8-17-6-1-3-9-19(17)20/h1-14H,15-16H2,(H,28,31). The van der Waals surface area contributed by atoms with Crippen molar-refractivity contribution in [2.45, 2.75) is 11.6 Å². The Bertz CT molecular complexity index is 1430. The smallest absolute Gasteiger partial charge is 0.230 e. The number of benzene rings is 3. The molecule has 0 fully saturated rings. The van der Waals surface area contributed by atoms with Crippen molar-refractivity contribution in [3.63, 3.8) is 0 Å². The van der Waals surface area contributed by atoms with Gasteiger partial charge >= 0.3 is 0 Å². The number of halogens is 1. The second-order valence-corrected chi connectivity index (χ2v) is 8.65. The number of hydrogen-bond acceptors (Lipinski definition) is 4. The molecule has 0 aliphatic rings. The number of nitrogens with one attached hydrogen (secondary N) is 1. The van der Waals surface area contributed by atoms with E-state index in [2.05, 4.69) is 34.6 Å². The molecule has 0 aliphatic carbocycles.